The number of fused-ring (bicyclic) bond motifs is 1. The fourth-order valence-electron chi connectivity index (χ4n) is 2.92. The molecular formula is C19H11BrN4O5S. The van der Waals surface area contributed by atoms with Crippen molar-refractivity contribution in [2.24, 2.45) is 0 Å². The number of aromatic nitrogens is 1. The first-order valence-electron chi connectivity index (χ1n) is 8.49. The van der Waals surface area contributed by atoms with Crippen molar-refractivity contribution in [3.63, 3.8) is 0 Å². The van der Waals surface area contributed by atoms with Gasteiger partial charge in [0.2, 0.25) is 5.91 Å². The molecule has 0 spiro atoms. The van der Waals surface area contributed by atoms with E-state index in [0.717, 1.165) is 27.1 Å². The molecule has 2 heterocycles. The third-order valence-corrected chi connectivity index (χ3v) is 5.64. The van der Waals surface area contributed by atoms with Crippen molar-refractivity contribution >= 4 is 55.8 Å². The molecule has 11 heteroatoms. The number of thiazole rings is 1. The molecule has 30 heavy (non-hydrogen) atoms. The van der Waals surface area contributed by atoms with Crippen LogP contribution in [0.15, 0.2) is 52.3 Å². The van der Waals surface area contributed by atoms with E-state index in [4.69, 9.17) is 0 Å². The molecule has 9 nitrogen and oxygen atoms in total. The molecule has 1 N–H and O–H groups in total. The van der Waals surface area contributed by atoms with Gasteiger partial charge in [-0.15, -0.1) is 11.3 Å². The molecule has 0 bridgehead atoms. The standard InChI is InChI=1S/C19H11BrN4O5S/c20-11-3-1-10(2-4-11)15-9-30-19(21-15)22-16(25)8-23-17(26)13-6-5-12(24(28)29)7-14(13)18(23)27/h1-7,9H,8H2,(H,21,22,25). The summed E-state index contributed by atoms with van der Waals surface area (Å²) >= 11 is 4.57. The van der Waals surface area contributed by atoms with Gasteiger partial charge in [0.1, 0.15) is 6.54 Å². The molecule has 3 amide bonds. The lowest BCUT2D eigenvalue weighted by atomic mass is 10.1. The second-order valence-electron chi connectivity index (χ2n) is 6.28. The summed E-state index contributed by atoms with van der Waals surface area (Å²) in [6, 6.07) is 10.9. The Morgan fingerprint density at radius 3 is 2.53 bits per heavy atom. The normalized spacial score (nSPS) is 12.8. The number of rotatable bonds is 5. The molecule has 0 atom stereocenters. The number of imide groups is 1. The number of benzene rings is 2. The van der Waals surface area contributed by atoms with Gasteiger partial charge in [-0.2, -0.15) is 0 Å². The first-order chi connectivity index (χ1) is 14.3. The number of nitrogens with zero attached hydrogens (tertiary/aromatic N) is 3. The number of hydrogen-bond acceptors (Lipinski definition) is 7. The molecule has 1 aliphatic rings. The number of nitro groups is 1. The number of halogens is 1. The van der Waals surface area contributed by atoms with Crippen LogP contribution in [0, 0.1) is 10.1 Å². The predicted molar refractivity (Wildman–Crippen MR) is 112 cm³/mol. The number of nitro benzene ring substituents is 1. The van der Waals surface area contributed by atoms with Crippen LogP contribution < -0.4 is 5.32 Å². The summed E-state index contributed by atoms with van der Waals surface area (Å²) in [7, 11) is 0. The third-order valence-electron chi connectivity index (χ3n) is 4.36. The van der Waals surface area contributed by atoms with Gasteiger partial charge in [0.05, 0.1) is 21.7 Å². The maximum atomic E-state index is 12.5. The number of carbonyl (C=O) groups excluding carboxylic acids is 3. The molecule has 0 aliphatic carbocycles. The lowest BCUT2D eigenvalue weighted by Crippen LogP contribution is -2.37. The Hall–Kier alpha value is -3.44. The summed E-state index contributed by atoms with van der Waals surface area (Å²) in [5, 5.41) is 15.6. The number of hydrogen-bond donors (Lipinski definition) is 1. The summed E-state index contributed by atoms with van der Waals surface area (Å²) in [6.07, 6.45) is 0. The van der Waals surface area contributed by atoms with Crippen LogP contribution in [-0.4, -0.2) is 39.1 Å². The highest BCUT2D eigenvalue weighted by atomic mass is 79.9. The van der Waals surface area contributed by atoms with E-state index in [9.17, 15) is 24.5 Å². The fourth-order valence-corrected chi connectivity index (χ4v) is 3.92. The molecule has 150 valence electrons. The average molecular weight is 487 g/mol. The summed E-state index contributed by atoms with van der Waals surface area (Å²) in [4.78, 5) is 52.6. The zero-order valence-corrected chi connectivity index (χ0v) is 17.4. The van der Waals surface area contributed by atoms with Crippen LogP contribution in [-0.2, 0) is 4.79 Å². The zero-order chi connectivity index (χ0) is 21.4. The van der Waals surface area contributed by atoms with Gasteiger partial charge in [0, 0.05) is 27.5 Å². The number of carbonyl (C=O) groups is 3. The number of amides is 3. The van der Waals surface area contributed by atoms with Gasteiger partial charge >= 0.3 is 0 Å². The summed E-state index contributed by atoms with van der Waals surface area (Å²) < 4.78 is 0.932. The molecule has 1 aliphatic heterocycles. The molecule has 0 radical (unpaired) electrons. The third kappa shape index (κ3) is 3.72. The van der Waals surface area contributed by atoms with E-state index < -0.39 is 29.2 Å². The largest absolute Gasteiger partial charge is 0.300 e. The predicted octanol–water partition coefficient (Wildman–Crippen LogP) is 3.72. The van der Waals surface area contributed by atoms with Gasteiger partial charge in [-0.05, 0) is 18.2 Å². The number of non-ortho nitro benzene ring substituents is 1. The minimum absolute atomic E-state index is 0.0326. The van der Waals surface area contributed by atoms with Gasteiger partial charge in [0.15, 0.2) is 5.13 Å². The van der Waals surface area contributed by atoms with Gasteiger partial charge in [-0.3, -0.25) is 29.4 Å². The molecule has 2 aromatic carbocycles. The molecule has 4 rings (SSSR count). The van der Waals surface area contributed by atoms with Crippen molar-refractivity contribution in [1.29, 1.82) is 0 Å². The highest BCUT2D eigenvalue weighted by molar-refractivity contribution is 9.10. The Labute approximate surface area is 181 Å². The molecule has 0 unspecified atom stereocenters. The Kier molecular flexibility index (Phi) is 5.14. The second kappa shape index (κ2) is 7.76. The lowest BCUT2D eigenvalue weighted by molar-refractivity contribution is -0.384. The van der Waals surface area contributed by atoms with E-state index in [2.05, 4.69) is 26.2 Å². The van der Waals surface area contributed by atoms with E-state index in [1.54, 1.807) is 5.38 Å². The highest BCUT2D eigenvalue weighted by Crippen LogP contribution is 2.28. The second-order valence-corrected chi connectivity index (χ2v) is 8.05. The van der Waals surface area contributed by atoms with Crippen LogP contribution >= 0.6 is 27.3 Å². The van der Waals surface area contributed by atoms with Crippen LogP contribution in [0.5, 0.6) is 0 Å². The van der Waals surface area contributed by atoms with Crippen molar-refractivity contribution in [2.45, 2.75) is 0 Å². The molecule has 0 fully saturated rings. The van der Waals surface area contributed by atoms with E-state index in [-0.39, 0.29) is 16.8 Å². The first kappa shape index (κ1) is 19.9. The molecule has 0 saturated carbocycles. The summed E-state index contributed by atoms with van der Waals surface area (Å²) in [5.41, 5.74) is 1.19. The first-order valence-corrected chi connectivity index (χ1v) is 10.2. The van der Waals surface area contributed by atoms with Gasteiger partial charge in [-0.25, -0.2) is 4.98 Å². The van der Waals surface area contributed by atoms with Crippen molar-refractivity contribution in [2.75, 3.05) is 11.9 Å². The molecule has 3 aromatic rings. The smallest absolute Gasteiger partial charge is 0.270 e. The topological polar surface area (TPSA) is 123 Å². The maximum absolute atomic E-state index is 12.5. The summed E-state index contributed by atoms with van der Waals surface area (Å²) in [6.45, 7) is -0.520. The van der Waals surface area contributed by atoms with Crippen LogP contribution in [0.3, 0.4) is 0 Å². The quantitative estimate of drug-likeness (QED) is 0.333. The molecule has 0 saturated heterocycles. The van der Waals surface area contributed by atoms with Crippen LogP contribution in [0.2, 0.25) is 0 Å². The van der Waals surface area contributed by atoms with Crippen LogP contribution in [0.4, 0.5) is 10.8 Å². The Balaban J connectivity index is 1.46. The zero-order valence-electron chi connectivity index (χ0n) is 15.0. The minimum Gasteiger partial charge on any atom is -0.300 e. The molecular weight excluding hydrogens is 476 g/mol. The number of nitrogens with one attached hydrogen (secondary N) is 1. The maximum Gasteiger partial charge on any atom is 0.270 e. The Bertz CT molecular complexity index is 1210. The lowest BCUT2D eigenvalue weighted by Gasteiger charge is -2.12. The van der Waals surface area contributed by atoms with Gasteiger partial charge in [0.25, 0.3) is 17.5 Å². The number of anilines is 1. The van der Waals surface area contributed by atoms with E-state index in [1.165, 1.54) is 17.4 Å². The van der Waals surface area contributed by atoms with E-state index >= 15 is 0 Å². The fraction of sp³-hybridized carbons (Fsp3) is 0.0526. The van der Waals surface area contributed by atoms with Crippen molar-refractivity contribution in [3.05, 3.63) is 73.6 Å². The highest BCUT2D eigenvalue weighted by Gasteiger charge is 2.37. The Morgan fingerprint density at radius 2 is 1.83 bits per heavy atom. The average Bonchev–Trinajstić information content (AvgIpc) is 3.27. The SMILES string of the molecule is O=C(CN1C(=O)c2ccc([N+](=O)[O-])cc2C1=O)Nc1nc(-c2ccc(Br)cc2)cs1. The van der Waals surface area contributed by atoms with Gasteiger partial charge in [-0.1, -0.05) is 28.1 Å². The van der Waals surface area contributed by atoms with Crippen LogP contribution in [0.25, 0.3) is 11.3 Å². The van der Waals surface area contributed by atoms with Gasteiger partial charge < -0.3 is 5.32 Å². The summed E-state index contributed by atoms with van der Waals surface area (Å²) in [5.74, 6) is -2.02. The van der Waals surface area contributed by atoms with Crippen molar-refractivity contribution in [3.8, 4) is 11.3 Å². The van der Waals surface area contributed by atoms with E-state index in [1.807, 2.05) is 24.3 Å². The van der Waals surface area contributed by atoms with Crippen molar-refractivity contribution < 1.29 is 19.3 Å². The minimum atomic E-state index is -0.747. The van der Waals surface area contributed by atoms with Crippen LogP contribution in [0.1, 0.15) is 20.7 Å². The monoisotopic (exact) mass is 486 g/mol. The molecule has 1 aromatic heterocycles. The van der Waals surface area contributed by atoms with E-state index in [0.29, 0.717) is 10.8 Å². The van der Waals surface area contributed by atoms with Crippen molar-refractivity contribution in [1.82, 2.24) is 9.88 Å². The Morgan fingerprint density at radius 1 is 1.13 bits per heavy atom.